The smallest absolute Gasteiger partial charge is 0.251 e. The second-order valence-electron chi connectivity index (χ2n) is 3.92. The van der Waals surface area contributed by atoms with E-state index < -0.39 is 0 Å². The lowest BCUT2D eigenvalue weighted by Gasteiger charge is -2.11. The Morgan fingerprint density at radius 2 is 2.20 bits per heavy atom. The predicted molar refractivity (Wildman–Crippen MR) is 58.4 cm³/mol. The Bertz CT molecular complexity index is 359. The number of hydrogen-bond donors (Lipinski definition) is 2. The Morgan fingerprint density at radius 1 is 1.47 bits per heavy atom. The molecule has 0 saturated heterocycles. The van der Waals surface area contributed by atoms with Gasteiger partial charge in [-0.1, -0.05) is 12.8 Å². The van der Waals surface area contributed by atoms with Crippen molar-refractivity contribution in [2.24, 2.45) is 0 Å². The molecule has 1 aromatic rings. The number of rotatable bonds is 2. The zero-order valence-corrected chi connectivity index (χ0v) is 8.57. The number of nitrogen functional groups attached to an aromatic ring is 1. The lowest BCUT2D eigenvalue weighted by atomic mass is 10.2. The fraction of sp³-hybridized carbons (Fsp3) is 0.455. The molecule has 1 aliphatic rings. The van der Waals surface area contributed by atoms with Gasteiger partial charge < -0.3 is 11.1 Å². The standard InChI is InChI=1S/C11H15N3O/c12-10-7-8(5-6-13-10)11(15)14-9-3-1-2-4-9/h5-7,9H,1-4H2,(H2,12,13)(H,14,15). The number of nitrogens with two attached hydrogens (primary N) is 1. The monoisotopic (exact) mass is 205 g/mol. The molecule has 0 aliphatic heterocycles. The van der Waals surface area contributed by atoms with Crippen LogP contribution in [0.4, 0.5) is 5.82 Å². The van der Waals surface area contributed by atoms with E-state index in [9.17, 15) is 4.79 Å². The third kappa shape index (κ3) is 2.46. The van der Waals surface area contributed by atoms with Crippen LogP contribution in [0.15, 0.2) is 18.3 Å². The van der Waals surface area contributed by atoms with Crippen molar-refractivity contribution in [3.8, 4) is 0 Å². The minimum absolute atomic E-state index is 0.0454. The first kappa shape index (κ1) is 9.96. The van der Waals surface area contributed by atoms with Gasteiger partial charge >= 0.3 is 0 Å². The third-order valence-corrected chi connectivity index (χ3v) is 2.73. The number of aromatic nitrogens is 1. The molecule has 0 atom stereocenters. The summed E-state index contributed by atoms with van der Waals surface area (Å²) in [5, 5.41) is 3.00. The van der Waals surface area contributed by atoms with E-state index in [1.165, 1.54) is 12.8 Å². The first-order valence-corrected chi connectivity index (χ1v) is 5.28. The Balaban J connectivity index is 2.01. The van der Waals surface area contributed by atoms with Gasteiger partial charge in [0.25, 0.3) is 5.91 Å². The molecule has 2 rings (SSSR count). The highest BCUT2D eigenvalue weighted by Crippen LogP contribution is 2.18. The molecule has 1 heterocycles. The van der Waals surface area contributed by atoms with Gasteiger partial charge in [-0.15, -0.1) is 0 Å². The highest BCUT2D eigenvalue weighted by molar-refractivity contribution is 5.94. The second kappa shape index (κ2) is 4.29. The summed E-state index contributed by atoms with van der Waals surface area (Å²) in [6.07, 6.45) is 6.16. The Labute approximate surface area is 88.9 Å². The van der Waals surface area contributed by atoms with Crippen molar-refractivity contribution in [2.45, 2.75) is 31.7 Å². The van der Waals surface area contributed by atoms with Gasteiger partial charge in [0.05, 0.1) is 0 Å². The van der Waals surface area contributed by atoms with Crippen LogP contribution in [0.3, 0.4) is 0 Å². The molecular weight excluding hydrogens is 190 g/mol. The van der Waals surface area contributed by atoms with E-state index in [0.29, 0.717) is 17.4 Å². The molecule has 1 saturated carbocycles. The molecule has 0 bridgehead atoms. The average molecular weight is 205 g/mol. The molecule has 0 radical (unpaired) electrons. The van der Waals surface area contributed by atoms with Crippen molar-refractivity contribution in [3.05, 3.63) is 23.9 Å². The van der Waals surface area contributed by atoms with Crippen molar-refractivity contribution >= 4 is 11.7 Å². The number of pyridine rings is 1. The number of nitrogens with one attached hydrogen (secondary N) is 1. The highest BCUT2D eigenvalue weighted by Gasteiger charge is 2.17. The summed E-state index contributed by atoms with van der Waals surface area (Å²) in [5.41, 5.74) is 6.11. The molecular formula is C11H15N3O. The fourth-order valence-corrected chi connectivity index (χ4v) is 1.93. The number of amides is 1. The number of carbonyl (C=O) groups excluding carboxylic acids is 1. The number of nitrogens with zero attached hydrogens (tertiary/aromatic N) is 1. The lowest BCUT2D eigenvalue weighted by molar-refractivity contribution is 0.0938. The second-order valence-corrected chi connectivity index (χ2v) is 3.92. The summed E-state index contributed by atoms with van der Waals surface area (Å²) in [6.45, 7) is 0. The summed E-state index contributed by atoms with van der Waals surface area (Å²) < 4.78 is 0. The third-order valence-electron chi connectivity index (χ3n) is 2.73. The Hall–Kier alpha value is -1.58. The molecule has 0 aromatic carbocycles. The molecule has 0 spiro atoms. The van der Waals surface area contributed by atoms with E-state index in [4.69, 9.17) is 5.73 Å². The summed E-state index contributed by atoms with van der Waals surface area (Å²) in [4.78, 5) is 15.6. The van der Waals surface area contributed by atoms with Crippen molar-refractivity contribution in [2.75, 3.05) is 5.73 Å². The maximum atomic E-state index is 11.8. The van der Waals surface area contributed by atoms with Crippen molar-refractivity contribution in [1.82, 2.24) is 10.3 Å². The van der Waals surface area contributed by atoms with Crippen LogP contribution >= 0.6 is 0 Å². The highest BCUT2D eigenvalue weighted by atomic mass is 16.1. The van der Waals surface area contributed by atoms with Crippen LogP contribution in [-0.2, 0) is 0 Å². The maximum Gasteiger partial charge on any atom is 0.251 e. The van der Waals surface area contributed by atoms with Crippen LogP contribution in [0.1, 0.15) is 36.0 Å². The Morgan fingerprint density at radius 3 is 2.87 bits per heavy atom. The summed E-state index contributed by atoms with van der Waals surface area (Å²) in [6, 6.07) is 3.62. The van der Waals surface area contributed by atoms with E-state index in [1.54, 1.807) is 18.3 Å². The number of hydrogen-bond acceptors (Lipinski definition) is 3. The summed E-state index contributed by atoms with van der Waals surface area (Å²) in [7, 11) is 0. The zero-order valence-electron chi connectivity index (χ0n) is 8.57. The molecule has 3 N–H and O–H groups in total. The van der Waals surface area contributed by atoms with Crippen molar-refractivity contribution in [3.63, 3.8) is 0 Å². The summed E-state index contributed by atoms with van der Waals surface area (Å²) in [5.74, 6) is 0.338. The molecule has 4 heteroatoms. The van der Waals surface area contributed by atoms with Gasteiger partial charge in [-0.2, -0.15) is 0 Å². The van der Waals surface area contributed by atoms with Crippen LogP contribution < -0.4 is 11.1 Å². The van der Waals surface area contributed by atoms with Crippen LogP contribution in [0, 0.1) is 0 Å². The van der Waals surface area contributed by atoms with Crippen molar-refractivity contribution in [1.29, 1.82) is 0 Å². The molecule has 80 valence electrons. The molecule has 1 aromatic heterocycles. The molecule has 1 aliphatic carbocycles. The molecule has 1 amide bonds. The van der Waals surface area contributed by atoms with Crippen LogP contribution in [-0.4, -0.2) is 16.9 Å². The van der Waals surface area contributed by atoms with E-state index in [0.717, 1.165) is 12.8 Å². The molecule has 1 fully saturated rings. The van der Waals surface area contributed by atoms with E-state index in [-0.39, 0.29) is 5.91 Å². The minimum Gasteiger partial charge on any atom is -0.384 e. The summed E-state index contributed by atoms with van der Waals surface area (Å²) >= 11 is 0. The predicted octanol–water partition coefficient (Wildman–Crippen LogP) is 1.34. The zero-order chi connectivity index (χ0) is 10.7. The molecule has 15 heavy (non-hydrogen) atoms. The SMILES string of the molecule is Nc1cc(C(=O)NC2CCCC2)ccn1. The van der Waals surface area contributed by atoms with E-state index in [1.807, 2.05) is 0 Å². The van der Waals surface area contributed by atoms with Gasteiger partial charge in [0.2, 0.25) is 0 Å². The maximum absolute atomic E-state index is 11.8. The van der Waals surface area contributed by atoms with Crippen LogP contribution in [0.5, 0.6) is 0 Å². The van der Waals surface area contributed by atoms with Gasteiger partial charge in [0, 0.05) is 17.8 Å². The van der Waals surface area contributed by atoms with Gasteiger partial charge in [0.15, 0.2) is 0 Å². The van der Waals surface area contributed by atoms with Crippen LogP contribution in [0.25, 0.3) is 0 Å². The van der Waals surface area contributed by atoms with Gasteiger partial charge in [-0.05, 0) is 25.0 Å². The van der Waals surface area contributed by atoms with Gasteiger partial charge in [0.1, 0.15) is 5.82 Å². The number of anilines is 1. The largest absolute Gasteiger partial charge is 0.384 e. The molecule has 0 unspecified atom stereocenters. The van der Waals surface area contributed by atoms with Gasteiger partial charge in [-0.3, -0.25) is 4.79 Å². The topological polar surface area (TPSA) is 68.0 Å². The number of carbonyl (C=O) groups is 1. The van der Waals surface area contributed by atoms with Crippen LogP contribution in [0.2, 0.25) is 0 Å². The molecule has 4 nitrogen and oxygen atoms in total. The first-order chi connectivity index (χ1) is 7.25. The average Bonchev–Trinajstić information content (AvgIpc) is 2.70. The van der Waals surface area contributed by atoms with Gasteiger partial charge in [-0.25, -0.2) is 4.98 Å². The quantitative estimate of drug-likeness (QED) is 0.765. The first-order valence-electron chi connectivity index (χ1n) is 5.28. The lowest BCUT2D eigenvalue weighted by Crippen LogP contribution is -2.32. The Kier molecular flexibility index (Phi) is 2.85. The normalized spacial score (nSPS) is 16.5. The fourth-order valence-electron chi connectivity index (χ4n) is 1.93. The minimum atomic E-state index is -0.0454. The van der Waals surface area contributed by atoms with E-state index in [2.05, 4.69) is 10.3 Å². The van der Waals surface area contributed by atoms with E-state index >= 15 is 0 Å². The van der Waals surface area contributed by atoms with Crippen molar-refractivity contribution < 1.29 is 4.79 Å².